The minimum Gasteiger partial charge on any atom is -0.311 e. The molecule has 0 bridgehead atoms. The maximum Gasteiger partial charge on any atom is 0.0408 e. The molecule has 21 heavy (non-hydrogen) atoms. The highest BCUT2D eigenvalue weighted by Crippen LogP contribution is 2.25. The van der Waals surface area contributed by atoms with E-state index in [4.69, 9.17) is 11.6 Å². The zero-order valence-corrected chi connectivity index (χ0v) is 14.6. The number of benzene rings is 1. The summed E-state index contributed by atoms with van der Waals surface area (Å²) in [6.07, 6.45) is 2.26. The van der Waals surface area contributed by atoms with Gasteiger partial charge in [-0.05, 0) is 79.6 Å². The van der Waals surface area contributed by atoms with E-state index in [9.17, 15) is 0 Å². The van der Waals surface area contributed by atoms with E-state index in [-0.39, 0.29) is 5.54 Å². The first-order valence-corrected chi connectivity index (χ1v) is 8.78. The number of aryl methyl sites for hydroxylation is 1. The molecule has 1 aromatic heterocycles. The van der Waals surface area contributed by atoms with Crippen molar-refractivity contribution in [2.24, 2.45) is 0 Å². The lowest BCUT2D eigenvalue weighted by Crippen LogP contribution is -2.38. The summed E-state index contributed by atoms with van der Waals surface area (Å²) in [6.45, 7) is 7.61. The molecule has 0 spiro atoms. The van der Waals surface area contributed by atoms with Gasteiger partial charge in [0.15, 0.2) is 0 Å². The number of nitrogens with one attached hydrogen (secondary N) is 1. The molecule has 2 aromatic rings. The average molecular weight is 322 g/mol. The molecule has 1 nitrogen and oxygen atoms in total. The molecule has 0 amide bonds. The third-order valence-corrected chi connectivity index (χ3v) is 4.53. The van der Waals surface area contributed by atoms with E-state index >= 15 is 0 Å². The Balaban J connectivity index is 2.06. The second kappa shape index (κ2) is 7.44. The van der Waals surface area contributed by atoms with Gasteiger partial charge in [0.25, 0.3) is 0 Å². The van der Waals surface area contributed by atoms with E-state index in [0.29, 0.717) is 5.92 Å². The molecule has 0 aliphatic heterocycles. The predicted molar refractivity (Wildman–Crippen MR) is 94.6 cm³/mol. The van der Waals surface area contributed by atoms with Crippen molar-refractivity contribution in [2.75, 3.05) is 6.54 Å². The molecule has 2 rings (SSSR count). The summed E-state index contributed by atoms with van der Waals surface area (Å²) in [6, 6.07) is 10.5. The predicted octanol–water partition coefficient (Wildman–Crippen LogP) is 5.51. The fourth-order valence-electron chi connectivity index (χ4n) is 2.35. The van der Waals surface area contributed by atoms with Gasteiger partial charge in [0.05, 0.1) is 0 Å². The van der Waals surface area contributed by atoms with Gasteiger partial charge in [0.1, 0.15) is 0 Å². The van der Waals surface area contributed by atoms with E-state index in [1.54, 1.807) is 11.3 Å². The Morgan fingerprint density at radius 3 is 2.67 bits per heavy atom. The van der Waals surface area contributed by atoms with Crippen molar-refractivity contribution >= 4 is 22.9 Å². The van der Waals surface area contributed by atoms with Gasteiger partial charge < -0.3 is 5.32 Å². The molecule has 114 valence electrons. The van der Waals surface area contributed by atoms with E-state index in [1.165, 1.54) is 11.1 Å². The summed E-state index contributed by atoms with van der Waals surface area (Å²) in [7, 11) is 0. The maximum atomic E-state index is 6.16. The first-order chi connectivity index (χ1) is 9.94. The van der Waals surface area contributed by atoms with Gasteiger partial charge in [-0.15, -0.1) is 0 Å². The third-order valence-electron chi connectivity index (χ3n) is 3.56. The largest absolute Gasteiger partial charge is 0.311 e. The zero-order chi connectivity index (χ0) is 15.3. The monoisotopic (exact) mass is 321 g/mol. The van der Waals surface area contributed by atoms with E-state index in [1.807, 2.05) is 12.1 Å². The Morgan fingerprint density at radius 1 is 1.24 bits per heavy atom. The van der Waals surface area contributed by atoms with Crippen LogP contribution < -0.4 is 5.32 Å². The Morgan fingerprint density at radius 2 is 2.05 bits per heavy atom. The van der Waals surface area contributed by atoms with Crippen LogP contribution in [-0.4, -0.2) is 12.1 Å². The van der Waals surface area contributed by atoms with Crippen LogP contribution in [0, 0.1) is 0 Å². The lowest BCUT2D eigenvalue weighted by Gasteiger charge is -2.26. The number of hydrogen-bond donors (Lipinski definition) is 1. The van der Waals surface area contributed by atoms with Crippen LogP contribution in [0.1, 0.15) is 44.2 Å². The van der Waals surface area contributed by atoms with Crippen molar-refractivity contribution in [1.82, 2.24) is 5.32 Å². The second-order valence-corrected chi connectivity index (χ2v) is 7.77. The molecule has 1 heterocycles. The standard InChI is InChI=1S/C18H24ClNS/c1-18(2,3)20-12-16(8-7-14-9-10-21-13-14)15-5-4-6-17(19)11-15/h4-6,9-11,13,16,20H,7-8,12H2,1-3H3. The van der Waals surface area contributed by atoms with E-state index in [0.717, 1.165) is 24.4 Å². The number of rotatable bonds is 6. The first kappa shape index (κ1) is 16.5. The average Bonchev–Trinajstić information content (AvgIpc) is 2.90. The SMILES string of the molecule is CC(C)(C)NCC(CCc1ccsc1)c1cccc(Cl)c1. The van der Waals surface area contributed by atoms with Crippen molar-refractivity contribution < 1.29 is 0 Å². The zero-order valence-electron chi connectivity index (χ0n) is 13.0. The van der Waals surface area contributed by atoms with Crippen LogP contribution in [0.5, 0.6) is 0 Å². The summed E-state index contributed by atoms with van der Waals surface area (Å²) in [5, 5.41) is 8.84. The third kappa shape index (κ3) is 5.82. The van der Waals surface area contributed by atoms with Crippen LogP contribution in [0.3, 0.4) is 0 Å². The lowest BCUT2D eigenvalue weighted by atomic mass is 9.92. The molecule has 0 fully saturated rings. The maximum absolute atomic E-state index is 6.16. The molecule has 0 aliphatic rings. The number of halogens is 1. The summed E-state index contributed by atoms with van der Waals surface area (Å²) in [5.74, 6) is 0.489. The molecule has 0 saturated carbocycles. The molecule has 0 aliphatic carbocycles. The van der Waals surface area contributed by atoms with E-state index in [2.05, 4.69) is 55.0 Å². The topological polar surface area (TPSA) is 12.0 Å². The number of hydrogen-bond acceptors (Lipinski definition) is 2. The fraction of sp³-hybridized carbons (Fsp3) is 0.444. The second-order valence-electron chi connectivity index (χ2n) is 6.55. The summed E-state index contributed by atoms with van der Waals surface area (Å²) in [5.41, 5.74) is 2.90. The van der Waals surface area contributed by atoms with Crippen LogP contribution in [0.2, 0.25) is 5.02 Å². The molecule has 3 heteroatoms. The first-order valence-electron chi connectivity index (χ1n) is 7.45. The van der Waals surface area contributed by atoms with Gasteiger partial charge in [-0.3, -0.25) is 0 Å². The Bertz CT molecular complexity index is 543. The molecule has 1 unspecified atom stereocenters. The minimum absolute atomic E-state index is 0.138. The van der Waals surface area contributed by atoms with Gasteiger partial charge in [-0.1, -0.05) is 23.7 Å². The van der Waals surface area contributed by atoms with E-state index < -0.39 is 0 Å². The van der Waals surface area contributed by atoms with Crippen LogP contribution >= 0.6 is 22.9 Å². The molecular formula is C18H24ClNS. The van der Waals surface area contributed by atoms with Gasteiger partial charge in [0.2, 0.25) is 0 Å². The van der Waals surface area contributed by atoms with Crippen molar-refractivity contribution in [3.8, 4) is 0 Å². The highest BCUT2D eigenvalue weighted by molar-refractivity contribution is 7.07. The smallest absolute Gasteiger partial charge is 0.0408 e. The molecule has 1 atom stereocenters. The molecular weight excluding hydrogens is 298 g/mol. The fourth-order valence-corrected chi connectivity index (χ4v) is 3.25. The van der Waals surface area contributed by atoms with Crippen molar-refractivity contribution in [3.63, 3.8) is 0 Å². The van der Waals surface area contributed by atoms with Gasteiger partial charge in [-0.25, -0.2) is 0 Å². The van der Waals surface area contributed by atoms with Crippen LogP contribution in [0.4, 0.5) is 0 Å². The molecule has 1 aromatic carbocycles. The normalized spacial score (nSPS) is 13.3. The van der Waals surface area contributed by atoms with Crippen molar-refractivity contribution in [1.29, 1.82) is 0 Å². The summed E-state index contributed by atoms with van der Waals surface area (Å²) in [4.78, 5) is 0. The van der Waals surface area contributed by atoms with Gasteiger partial charge >= 0.3 is 0 Å². The molecule has 0 saturated heterocycles. The van der Waals surface area contributed by atoms with Crippen LogP contribution in [-0.2, 0) is 6.42 Å². The molecule has 1 N–H and O–H groups in total. The molecule has 0 radical (unpaired) electrons. The quantitative estimate of drug-likeness (QED) is 0.740. The van der Waals surface area contributed by atoms with Gasteiger partial charge in [-0.2, -0.15) is 11.3 Å². The Kier molecular flexibility index (Phi) is 5.86. The van der Waals surface area contributed by atoms with Crippen molar-refractivity contribution in [2.45, 2.75) is 45.1 Å². The number of thiophene rings is 1. The summed E-state index contributed by atoms with van der Waals surface area (Å²) < 4.78 is 0. The highest BCUT2D eigenvalue weighted by Gasteiger charge is 2.16. The van der Waals surface area contributed by atoms with Crippen LogP contribution in [0.15, 0.2) is 41.1 Å². The van der Waals surface area contributed by atoms with Crippen LogP contribution in [0.25, 0.3) is 0 Å². The van der Waals surface area contributed by atoms with Gasteiger partial charge in [0, 0.05) is 17.1 Å². The lowest BCUT2D eigenvalue weighted by molar-refractivity contribution is 0.399. The minimum atomic E-state index is 0.138. The Labute approximate surface area is 137 Å². The summed E-state index contributed by atoms with van der Waals surface area (Å²) >= 11 is 7.93. The highest BCUT2D eigenvalue weighted by atomic mass is 35.5. The Hall–Kier alpha value is -0.830. The van der Waals surface area contributed by atoms with Crippen molar-refractivity contribution in [3.05, 3.63) is 57.2 Å².